The second-order valence-corrected chi connectivity index (χ2v) is 7.35. The van der Waals surface area contributed by atoms with Gasteiger partial charge in [-0.2, -0.15) is 0 Å². The Balaban J connectivity index is 1.63. The lowest BCUT2D eigenvalue weighted by Gasteiger charge is -2.19. The highest BCUT2D eigenvalue weighted by molar-refractivity contribution is 6.04. The molecule has 0 bridgehead atoms. The number of anilines is 3. The molecular weight excluding hydrogens is 341 g/mol. The summed E-state index contributed by atoms with van der Waals surface area (Å²) in [7, 11) is 0. The molecule has 1 amide bonds. The fraction of sp³-hybridized carbons (Fsp3) is 0.182. The summed E-state index contributed by atoms with van der Waals surface area (Å²) in [4.78, 5) is 16.4. The Morgan fingerprint density at radius 2 is 1.52 bits per heavy atom. The fourth-order valence-electron chi connectivity index (χ4n) is 2.56. The third kappa shape index (κ3) is 4.91. The quantitative estimate of drug-likeness (QED) is 0.642. The van der Waals surface area contributed by atoms with Gasteiger partial charge in [0.2, 0.25) is 0 Å². The standard InChI is InChI=1S/C22H22FN3O/c1-22(2,3)16-6-4-15(5-7-16)21(27)26-19-11-9-18(10-12-19)25-20-13-8-17(23)14-24-20/h4-14H,1-3H3,(H,24,25)(H,26,27). The van der Waals surface area contributed by atoms with Gasteiger partial charge in [-0.25, -0.2) is 9.37 Å². The Morgan fingerprint density at radius 1 is 0.889 bits per heavy atom. The van der Waals surface area contributed by atoms with Crippen molar-refractivity contribution >= 4 is 23.1 Å². The van der Waals surface area contributed by atoms with E-state index < -0.39 is 0 Å². The first-order chi connectivity index (χ1) is 12.8. The van der Waals surface area contributed by atoms with Crippen LogP contribution in [0.1, 0.15) is 36.7 Å². The summed E-state index contributed by atoms with van der Waals surface area (Å²) >= 11 is 0. The molecular formula is C22H22FN3O. The minimum absolute atomic E-state index is 0.0528. The van der Waals surface area contributed by atoms with E-state index in [1.165, 1.54) is 11.6 Å². The van der Waals surface area contributed by atoms with E-state index in [9.17, 15) is 9.18 Å². The molecule has 138 valence electrons. The molecule has 1 aromatic heterocycles. The van der Waals surface area contributed by atoms with Crippen LogP contribution < -0.4 is 10.6 Å². The van der Waals surface area contributed by atoms with Crippen molar-refractivity contribution in [3.05, 3.63) is 83.8 Å². The number of amides is 1. The number of nitrogens with zero attached hydrogens (tertiary/aromatic N) is 1. The number of carbonyl (C=O) groups is 1. The number of aromatic nitrogens is 1. The molecule has 0 aliphatic rings. The third-order valence-corrected chi connectivity index (χ3v) is 4.16. The van der Waals surface area contributed by atoms with Crippen LogP contribution in [-0.2, 0) is 5.41 Å². The molecule has 3 rings (SSSR count). The second kappa shape index (κ2) is 7.58. The lowest BCUT2D eigenvalue weighted by atomic mass is 9.87. The number of benzene rings is 2. The molecule has 2 N–H and O–H groups in total. The number of pyridine rings is 1. The van der Waals surface area contributed by atoms with Gasteiger partial charge in [0.15, 0.2) is 0 Å². The highest BCUT2D eigenvalue weighted by atomic mass is 19.1. The zero-order valence-corrected chi connectivity index (χ0v) is 15.6. The van der Waals surface area contributed by atoms with Crippen LogP contribution in [0.5, 0.6) is 0 Å². The van der Waals surface area contributed by atoms with Gasteiger partial charge in [-0.3, -0.25) is 4.79 Å². The molecule has 0 saturated carbocycles. The maximum atomic E-state index is 12.9. The van der Waals surface area contributed by atoms with Crippen LogP contribution in [0, 0.1) is 5.82 Å². The summed E-state index contributed by atoms with van der Waals surface area (Å²) < 4.78 is 12.9. The van der Waals surface area contributed by atoms with Gasteiger partial charge in [0.05, 0.1) is 6.20 Å². The van der Waals surface area contributed by atoms with Gasteiger partial charge in [0, 0.05) is 16.9 Å². The summed E-state index contributed by atoms with van der Waals surface area (Å²) in [6.45, 7) is 6.41. The van der Waals surface area contributed by atoms with Crippen molar-refractivity contribution < 1.29 is 9.18 Å². The molecule has 0 spiro atoms. The number of hydrogen-bond donors (Lipinski definition) is 2. The topological polar surface area (TPSA) is 54.0 Å². The van der Waals surface area contributed by atoms with Crippen molar-refractivity contribution in [1.29, 1.82) is 0 Å². The van der Waals surface area contributed by atoms with E-state index in [1.807, 2.05) is 36.4 Å². The van der Waals surface area contributed by atoms with E-state index in [1.54, 1.807) is 18.2 Å². The molecule has 0 aliphatic heterocycles. The molecule has 2 aromatic carbocycles. The van der Waals surface area contributed by atoms with Crippen LogP contribution in [0.15, 0.2) is 66.9 Å². The Bertz CT molecular complexity index is 912. The monoisotopic (exact) mass is 363 g/mol. The first-order valence-electron chi connectivity index (χ1n) is 8.72. The molecule has 5 heteroatoms. The first-order valence-corrected chi connectivity index (χ1v) is 8.72. The van der Waals surface area contributed by atoms with E-state index >= 15 is 0 Å². The van der Waals surface area contributed by atoms with E-state index in [2.05, 4.69) is 36.4 Å². The number of carbonyl (C=O) groups excluding carboxylic acids is 1. The van der Waals surface area contributed by atoms with Gasteiger partial charge >= 0.3 is 0 Å². The summed E-state index contributed by atoms with van der Waals surface area (Å²) in [6, 6.07) is 17.8. The van der Waals surface area contributed by atoms with Gasteiger partial charge in [-0.1, -0.05) is 32.9 Å². The molecule has 1 heterocycles. The van der Waals surface area contributed by atoms with E-state index in [4.69, 9.17) is 0 Å². The van der Waals surface area contributed by atoms with Crippen molar-refractivity contribution in [2.24, 2.45) is 0 Å². The largest absolute Gasteiger partial charge is 0.340 e. The molecule has 0 atom stereocenters. The van der Waals surface area contributed by atoms with E-state index in [-0.39, 0.29) is 17.1 Å². The first kappa shape index (κ1) is 18.6. The Labute approximate surface area is 158 Å². The minimum atomic E-state index is -0.380. The molecule has 0 fully saturated rings. The fourth-order valence-corrected chi connectivity index (χ4v) is 2.56. The molecule has 0 saturated heterocycles. The van der Waals surface area contributed by atoms with Gasteiger partial charge < -0.3 is 10.6 Å². The van der Waals surface area contributed by atoms with Crippen LogP contribution in [0.3, 0.4) is 0 Å². The van der Waals surface area contributed by atoms with Crippen molar-refractivity contribution in [3.63, 3.8) is 0 Å². The highest BCUT2D eigenvalue weighted by Crippen LogP contribution is 2.23. The zero-order chi connectivity index (χ0) is 19.4. The normalized spacial score (nSPS) is 11.1. The molecule has 0 unspecified atom stereocenters. The van der Waals surface area contributed by atoms with Crippen LogP contribution in [0.2, 0.25) is 0 Å². The van der Waals surface area contributed by atoms with Crippen LogP contribution >= 0.6 is 0 Å². The van der Waals surface area contributed by atoms with Gasteiger partial charge in [-0.15, -0.1) is 0 Å². The van der Waals surface area contributed by atoms with Crippen molar-refractivity contribution in [2.45, 2.75) is 26.2 Å². The van der Waals surface area contributed by atoms with Crippen LogP contribution in [0.4, 0.5) is 21.6 Å². The zero-order valence-electron chi connectivity index (χ0n) is 15.6. The lowest BCUT2D eigenvalue weighted by molar-refractivity contribution is 0.102. The van der Waals surface area contributed by atoms with Gasteiger partial charge in [0.25, 0.3) is 5.91 Å². The second-order valence-electron chi connectivity index (χ2n) is 7.35. The van der Waals surface area contributed by atoms with E-state index in [0.717, 1.165) is 11.9 Å². The van der Waals surface area contributed by atoms with Gasteiger partial charge in [0.1, 0.15) is 11.6 Å². The third-order valence-electron chi connectivity index (χ3n) is 4.16. The molecule has 4 nitrogen and oxygen atoms in total. The summed E-state index contributed by atoms with van der Waals surface area (Å²) in [6.07, 6.45) is 1.15. The van der Waals surface area contributed by atoms with Crippen LogP contribution in [0.25, 0.3) is 0 Å². The van der Waals surface area contributed by atoms with Crippen molar-refractivity contribution in [2.75, 3.05) is 10.6 Å². The number of hydrogen-bond acceptors (Lipinski definition) is 3. The molecule has 0 radical (unpaired) electrons. The smallest absolute Gasteiger partial charge is 0.255 e. The number of halogens is 1. The van der Waals surface area contributed by atoms with E-state index in [0.29, 0.717) is 17.1 Å². The Hall–Kier alpha value is -3.21. The predicted octanol–water partition coefficient (Wildman–Crippen LogP) is 5.51. The lowest BCUT2D eigenvalue weighted by Crippen LogP contribution is -2.14. The predicted molar refractivity (Wildman–Crippen MR) is 107 cm³/mol. The highest BCUT2D eigenvalue weighted by Gasteiger charge is 2.14. The van der Waals surface area contributed by atoms with Gasteiger partial charge in [-0.05, 0) is 59.5 Å². The average molecular weight is 363 g/mol. The number of nitrogens with one attached hydrogen (secondary N) is 2. The maximum Gasteiger partial charge on any atom is 0.255 e. The SMILES string of the molecule is CC(C)(C)c1ccc(C(=O)Nc2ccc(Nc3ccc(F)cn3)cc2)cc1. The Kier molecular flexibility index (Phi) is 5.21. The number of rotatable bonds is 4. The maximum absolute atomic E-state index is 12.9. The Morgan fingerprint density at radius 3 is 2.07 bits per heavy atom. The minimum Gasteiger partial charge on any atom is -0.340 e. The van der Waals surface area contributed by atoms with Crippen molar-refractivity contribution in [3.8, 4) is 0 Å². The van der Waals surface area contributed by atoms with Crippen molar-refractivity contribution in [1.82, 2.24) is 4.98 Å². The summed E-state index contributed by atoms with van der Waals surface area (Å²) in [5.41, 5.74) is 3.33. The molecule has 0 aliphatic carbocycles. The summed E-state index contributed by atoms with van der Waals surface area (Å²) in [5, 5.41) is 5.96. The molecule has 27 heavy (non-hydrogen) atoms. The average Bonchev–Trinajstić information content (AvgIpc) is 2.64. The molecule has 3 aromatic rings. The summed E-state index contributed by atoms with van der Waals surface area (Å²) in [5.74, 6) is 0.0117. The van der Waals surface area contributed by atoms with Crippen LogP contribution in [-0.4, -0.2) is 10.9 Å².